The Morgan fingerprint density at radius 1 is 1.26 bits per heavy atom. The standard InChI is InChI=1S/C22H36N6O2.HI/c1-17(2)14-27-10-11-30-20(15-27)13-26-22(23-3)25-12-18-4-6-19(7-5-18)28-9-8-24-21(29)16-28;/h4-7,17,20H,8-16H2,1-3H3,(H,24,29)(H2,23,25,26);1H. The summed E-state index contributed by atoms with van der Waals surface area (Å²) in [6.45, 7) is 11.8. The number of amides is 1. The highest BCUT2D eigenvalue weighted by Crippen LogP contribution is 2.16. The SMILES string of the molecule is CN=C(NCc1ccc(N2CCNC(=O)C2)cc1)NCC1CN(CC(C)C)CCO1.I. The molecular weight excluding hydrogens is 507 g/mol. The zero-order valence-corrected chi connectivity index (χ0v) is 21.2. The fourth-order valence-corrected chi connectivity index (χ4v) is 3.89. The summed E-state index contributed by atoms with van der Waals surface area (Å²) in [6.07, 6.45) is 0.178. The van der Waals surface area contributed by atoms with Gasteiger partial charge < -0.3 is 25.6 Å². The molecule has 2 aliphatic heterocycles. The van der Waals surface area contributed by atoms with Crippen molar-refractivity contribution in [2.75, 3.05) is 64.4 Å². The normalized spacial score (nSPS) is 20.3. The first-order valence-electron chi connectivity index (χ1n) is 10.9. The predicted molar refractivity (Wildman–Crippen MR) is 136 cm³/mol. The van der Waals surface area contributed by atoms with Gasteiger partial charge in [0.2, 0.25) is 5.91 Å². The van der Waals surface area contributed by atoms with Gasteiger partial charge in [0.05, 0.1) is 19.3 Å². The molecule has 2 fully saturated rings. The lowest BCUT2D eigenvalue weighted by Gasteiger charge is -2.34. The van der Waals surface area contributed by atoms with Gasteiger partial charge in [0.25, 0.3) is 0 Å². The summed E-state index contributed by atoms with van der Waals surface area (Å²) in [5, 5.41) is 9.61. The molecule has 0 spiro atoms. The maximum Gasteiger partial charge on any atom is 0.239 e. The lowest BCUT2D eigenvalue weighted by Crippen LogP contribution is -2.50. The van der Waals surface area contributed by atoms with E-state index in [0.717, 1.165) is 51.0 Å². The van der Waals surface area contributed by atoms with Gasteiger partial charge in [-0.2, -0.15) is 0 Å². The fraction of sp³-hybridized carbons (Fsp3) is 0.636. The molecular formula is C22H37IN6O2. The van der Waals surface area contributed by atoms with Gasteiger partial charge in [-0.3, -0.25) is 14.7 Å². The highest BCUT2D eigenvalue weighted by molar-refractivity contribution is 14.0. The molecule has 3 rings (SSSR count). The number of carbonyl (C=O) groups is 1. The van der Waals surface area contributed by atoms with Crippen molar-refractivity contribution in [1.29, 1.82) is 0 Å². The highest BCUT2D eigenvalue weighted by Gasteiger charge is 2.21. The smallest absolute Gasteiger partial charge is 0.239 e. The number of hydrogen-bond acceptors (Lipinski definition) is 5. The second-order valence-electron chi connectivity index (χ2n) is 8.39. The first-order valence-corrected chi connectivity index (χ1v) is 10.9. The third-order valence-corrected chi connectivity index (χ3v) is 5.37. The van der Waals surface area contributed by atoms with Crippen molar-refractivity contribution in [2.45, 2.75) is 26.5 Å². The van der Waals surface area contributed by atoms with Gasteiger partial charge in [0, 0.05) is 58.5 Å². The number of rotatable bonds is 7. The van der Waals surface area contributed by atoms with Crippen molar-refractivity contribution < 1.29 is 9.53 Å². The summed E-state index contributed by atoms with van der Waals surface area (Å²) in [6, 6.07) is 8.34. The molecule has 1 aromatic rings. The first kappa shape index (κ1) is 25.7. The van der Waals surface area contributed by atoms with Gasteiger partial charge in [-0.25, -0.2) is 0 Å². The summed E-state index contributed by atoms with van der Waals surface area (Å²) in [5.41, 5.74) is 2.25. The molecule has 0 radical (unpaired) electrons. The van der Waals surface area contributed by atoms with Gasteiger partial charge in [0.1, 0.15) is 0 Å². The second-order valence-corrected chi connectivity index (χ2v) is 8.39. The van der Waals surface area contributed by atoms with E-state index in [2.05, 4.69) is 68.9 Å². The van der Waals surface area contributed by atoms with E-state index < -0.39 is 0 Å². The minimum absolute atomic E-state index is 0. The van der Waals surface area contributed by atoms with Crippen LogP contribution in [0.25, 0.3) is 0 Å². The summed E-state index contributed by atoms with van der Waals surface area (Å²) in [4.78, 5) is 20.5. The number of hydrogen-bond donors (Lipinski definition) is 3. The number of piperazine rings is 1. The molecule has 8 nitrogen and oxygen atoms in total. The van der Waals surface area contributed by atoms with Crippen molar-refractivity contribution in [2.24, 2.45) is 10.9 Å². The topological polar surface area (TPSA) is 81.2 Å². The molecule has 3 N–H and O–H groups in total. The molecule has 0 aromatic heterocycles. The average Bonchev–Trinajstić information content (AvgIpc) is 2.74. The number of halogens is 1. The molecule has 174 valence electrons. The highest BCUT2D eigenvalue weighted by atomic mass is 127. The van der Waals surface area contributed by atoms with Crippen molar-refractivity contribution in [3.63, 3.8) is 0 Å². The van der Waals surface area contributed by atoms with E-state index in [1.54, 1.807) is 7.05 Å². The average molecular weight is 544 g/mol. The van der Waals surface area contributed by atoms with Crippen LogP contribution in [-0.4, -0.2) is 82.3 Å². The molecule has 0 aliphatic carbocycles. The minimum Gasteiger partial charge on any atom is -0.374 e. The molecule has 31 heavy (non-hydrogen) atoms. The number of carbonyl (C=O) groups excluding carboxylic acids is 1. The van der Waals surface area contributed by atoms with Crippen LogP contribution < -0.4 is 20.9 Å². The summed E-state index contributed by atoms with van der Waals surface area (Å²) in [7, 11) is 1.78. The van der Waals surface area contributed by atoms with Crippen LogP contribution in [0, 0.1) is 5.92 Å². The second kappa shape index (κ2) is 13.1. The van der Waals surface area contributed by atoms with E-state index in [1.807, 2.05) is 0 Å². The van der Waals surface area contributed by atoms with Crippen LogP contribution in [0.2, 0.25) is 0 Å². The third kappa shape index (κ3) is 8.46. The van der Waals surface area contributed by atoms with Crippen LogP contribution in [0.4, 0.5) is 5.69 Å². The largest absolute Gasteiger partial charge is 0.374 e. The molecule has 1 amide bonds. The van der Waals surface area contributed by atoms with Gasteiger partial charge in [-0.15, -0.1) is 24.0 Å². The van der Waals surface area contributed by atoms with Crippen molar-refractivity contribution in [3.05, 3.63) is 29.8 Å². The predicted octanol–water partition coefficient (Wildman–Crippen LogP) is 1.26. The summed E-state index contributed by atoms with van der Waals surface area (Å²) >= 11 is 0. The minimum atomic E-state index is 0. The van der Waals surface area contributed by atoms with E-state index in [-0.39, 0.29) is 36.0 Å². The Hall–Kier alpha value is -1.59. The Balaban J connectivity index is 0.00000341. The maximum absolute atomic E-state index is 11.6. The van der Waals surface area contributed by atoms with E-state index in [9.17, 15) is 4.79 Å². The van der Waals surface area contributed by atoms with Crippen LogP contribution in [0.5, 0.6) is 0 Å². The Kier molecular flexibility index (Phi) is 10.8. The van der Waals surface area contributed by atoms with E-state index in [0.29, 0.717) is 25.6 Å². The Morgan fingerprint density at radius 2 is 2.03 bits per heavy atom. The number of anilines is 1. The molecule has 9 heteroatoms. The molecule has 1 aromatic carbocycles. The number of benzene rings is 1. The van der Waals surface area contributed by atoms with Crippen LogP contribution in [0.15, 0.2) is 29.3 Å². The van der Waals surface area contributed by atoms with Crippen molar-refractivity contribution >= 4 is 41.5 Å². The lowest BCUT2D eigenvalue weighted by molar-refractivity contribution is -0.120. The zero-order chi connectivity index (χ0) is 21.3. The van der Waals surface area contributed by atoms with Crippen molar-refractivity contribution in [1.82, 2.24) is 20.9 Å². The van der Waals surface area contributed by atoms with Gasteiger partial charge in [-0.05, 0) is 23.6 Å². The molecule has 1 unspecified atom stereocenters. The maximum atomic E-state index is 11.6. The quantitative estimate of drug-likeness (QED) is 0.273. The molecule has 0 bridgehead atoms. The van der Waals surface area contributed by atoms with E-state index >= 15 is 0 Å². The van der Waals surface area contributed by atoms with Crippen LogP contribution >= 0.6 is 24.0 Å². The van der Waals surface area contributed by atoms with E-state index in [4.69, 9.17) is 4.74 Å². The van der Waals surface area contributed by atoms with Gasteiger partial charge >= 0.3 is 0 Å². The summed E-state index contributed by atoms with van der Waals surface area (Å²) in [5.74, 6) is 1.53. The van der Waals surface area contributed by atoms with Crippen LogP contribution in [-0.2, 0) is 16.1 Å². The molecule has 2 heterocycles. The number of ether oxygens (including phenoxy) is 1. The van der Waals surface area contributed by atoms with Crippen molar-refractivity contribution in [3.8, 4) is 0 Å². The molecule has 2 saturated heterocycles. The van der Waals surface area contributed by atoms with Crippen LogP contribution in [0.3, 0.4) is 0 Å². The lowest BCUT2D eigenvalue weighted by atomic mass is 10.2. The molecule has 1 atom stereocenters. The number of guanidine groups is 1. The summed E-state index contributed by atoms with van der Waals surface area (Å²) < 4.78 is 5.91. The van der Waals surface area contributed by atoms with E-state index in [1.165, 1.54) is 5.56 Å². The van der Waals surface area contributed by atoms with Gasteiger partial charge in [-0.1, -0.05) is 26.0 Å². The number of nitrogens with zero attached hydrogens (tertiary/aromatic N) is 3. The number of aliphatic imine (C=N–C) groups is 1. The number of nitrogens with one attached hydrogen (secondary N) is 3. The Bertz CT molecular complexity index is 712. The first-order chi connectivity index (χ1) is 14.5. The fourth-order valence-electron chi connectivity index (χ4n) is 3.89. The molecule has 0 saturated carbocycles. The zero-order valence-electron chi connectivity index (χ0n) is 18.9. The Morgan fingerprint density at radius 3 is 2.71 bits per heavy atom. The number of morpholine rings is 1. The molecule has 2 aliphatic rings. The van der Waals surface area contributed by atoms with Crippen LogP contribution in [0.1, 0.15) is 19.4 Å². The Labute approximate surface area is 203 Å². The third-order valence-electron chi connectivity index (χ3n) is 5.37. The monoisotopic (exact) mass is 544 g/mol. The van der Waals surface area contributed by atoms with Gasteiger partial charge in [0.15, 0.2) is 5.96 Å².